The summed E-state index contributed by atoms with van der Waals surface area (Å²) in [5.74, 6) is -0.391. The predicted octanol–water partition coefficient (Wildman–Crippen LogP) is 2.03. The Morgan fingerprint density at radius 3 is 2.94 bits per heavy atom. The highest BCUT2D eigenvalue weighted by molar-refractivity contribution is 5.96. The van der Waals surface area contributed by atoms with Crippen molar-refractivity contribution in [1.82, 2.24) is 0 Å². The standard InChI is InChI=1S/C13H16O3/c1-9(14)16-12-10-5-3-4-7-13(10,2)8-6-11(12)15/h3-4,6,8,10,12H,5,7H2,1-2H3/t10-,12+,13-/m1/s1. The molecule has 3 nitrogen and oxygen atoms in total. The van der Waals surface area contributed by atoms with Gasteiger partial charge in [-0.1, -0.05) is 25.2 Å². The monoisotopic (exact) mass is 220 g/mol. The maximum Gasteiger partial charge on any atom is 0.303 e. The van der Waals surface area contributed by atoms with Gasteiger partial charge in [-0.25, -0.2) is 0 Å². The zero-order chi connectivity index (χ0) is 11.8. The lowest BCUT2D eigenvalue weighted by Gasteiger charge is -2.42. The lowest BCUT2D eigenvalue weighted by atomic mass is 9.64. The molecular formula is C13H16O3. The number of allylic oxidation sites excluding steroid dienone is 3. The molecular weight excluding hydrogens is 204 g/mol. The number of carbonyl (C=O) groups excluding carboxylic acids is 2. The first kappa shape index (κ1) is 11.1. The van der Waals surface area contributed by atoms with Crippen LogP contribution in [0.3, 0.4) is 0 Å². The normalized spacial score (nSPS) is 37.0. The molecule has 86 valence electrons. The van der Waals surface area contributed by atoms with E-state index in [1.54, 1.807) is 6.08 Å². The molecule has 2 aliphatic carbocycles. The molecule has 0 aromatic carbocycles. The summed E-state index contributed by atoms with van der Waals surface area (Å²) in [6.07, 6.45) is 8.81. The topological polar surface area (TPSA) is 43.4 Å². The zero-order valence-electron chi connectivity index (χ0n) is 9.60. The summed E-state index contributed by atoms with van der Waals surface area (Å²) in [6, 6.07) is 0. The summed E-state index contributed by atoms with van der Waals surface area (Å²) < 4.78 is 5.16. The van der Waals surface area contributed by atoms with Crippen molar-refractivity contribution in [3.63, 3.8) is 0 Å². The zero-order valence-corrected chi connectivity index (χ0v) is 9.60. The smallest absolute Gasteiger partial charge is 0.303 e. The minimum atomic E-state index is -0.600. The molecule has 0 unspecified atom stereocenters. The number of rotatable bonds is 1. The number of hydrogen-bond acceptors (Lipinski definition) is 3. The van der Waals surface area contributed by atoms with Crippen LogP contribution in [0.25, 0.3) is 0 Å². The van der Waals surface area contributed by atoms with Gasteiger partial charge in [0.15, 0.2) is 11.9 Å². The molecule has 3 atom stereocenters. The van der Waals surface area contributed by atoms with Gasteiger partial charge < -0.3 is 4.74 Å². The Balaban J connectivity index is 2.30. The average Bonchev–Trinajstić information content (AvgIpc) is 2.22. The van der Waals surface area contributed by atoms with E-state index in [1.807, 2.05) is 6.08 Å². The Bertz CT molecular complexity index is 381. The van der Waals surface area contributed by atoms with Crippen molar-refractivity contribution in [2.75, 3.05) is 0 Å². The van der Waals surface area contributed by atoms with Crippen molar-refractivity contribution in [2.24, 2.45) is 11.3 Å². The molecule has 0 saturated carbocycles. The highest BCUT2D eigenvalue weighted by atomic mass is 16.5. The van der Waals surface area contributed by atoms with Crippen LogP contribution in [-0.2, 0) is 14.3 Å². The van der Waals surface area contributed by atoms with Crippen LogP contribution in [0.1, 0.15) is 26.7 Å². The van der Waals surface area contributed by atoms with Gasteiger partial charge in [0.05, 0.1) is 0 Å². The third-order valence-electron chi connectivity index (χ3n) is 3.53. The van der Waals surface area contributed by atoms with Crippen molar-refractivity contribution in [3.05, 3.63) is 24.3 Å². The van der Waals surface area contributed by atoms with Gasteiger partial charge in [0.2, 0.25) is 0 Å². The summed E-state index contributed by atoms with van der Waals surface area (Å²) in [4.78, 5) is 22.8. The quantitative estimate of drug-likeness (QED) is 0.501. The number of fused-ring (bicyclic) bond motifs is 1. The Labute approximate surface area is 95.2 Å². The molecule has 16 heavy (non-hydrogen) atoms. The molecule has 0 spiro atoms. The fourth-order valence-corrected chi connectivity index (χ4v) is 2.55. The van der Waals surface area contributed by atoms with E-state index < -0.39 is 6.10 Å². The highest BCUT2D eigenvalue weighted by Crippen LogP contribution is 2.44. The fraction of sp³-hybridized carbons (Fsp3) is 0.538. The lowest BCUT2D eigenvalue weighted by Crippen LogP contribution is -2.45. The van der Waals surface area contributed by atoms with Gasteiger partial charge in [-0.05, 0) is 24.3 Å². The van der Waals surface area contributed by atoms with Crippen LogP contribution in [-0.4, -0.2) is 17.9 Å². The molecule has 0 aliphatic heterocycles. The molecule has 0 radical (unpaired) electrons. The third-order valence-corrected chi connectivity index (χ3v) is 3.53. The Morgan fingerprint density at radius 1 is 1.50 bits per heavy atom. The Kier molecular flexibility index (Phi) is 2.70. The van der Waals surface area contributed by atoms with Crippen molar-refractivity contribution >= 4 is 11.8 Å². The third kappa shape index (κ3) is 1.82. The summed E-state index contributed by atoms with van der Waals surface area (Å²) >= 11 is 0. The Morgan fingerprint density at radius 2 is 2.25 bits per heavy atom. The van der Waals surface area contributed by atoms with E-state index in [9.17, 15) is 9.59 Å². The molecule has 0 saturated heterocycles. The molecule has 0 N–H and O–H groups in total. The second-order valence-corrected chi connectivity index (χ2v) is 4.79. The van der Waals surface area contributed by atoms with Crippen molar-refractivity contribution in [1.29, 1.82) is 0 Å². The summed E-state index contributed by atoms with van der Waals surface area (Å²) in [5.41, 5.74) is -0.0528. The van der Waals surface area contributed by atoms with E-state index in [4.69, 9.17) is 4.74 Å². The number of hydrogen-bond donors (Lipinski definition) is 0. The van der Waals surface area contributed by atoms with Gasteiger partial charge in [-0.3, -0.25) is 9.59 Å². The Hall–Kier alpha value is -1.38. The first-order valence-electron chi connectivity index (χ1n) is 5.58. The van der Waals surface area contributed by atoms with Crippen molar-refractivity contribution in [2.45, 2.75) is 32.8 Å². The summed E-state index contributed by atoms with van der Waals surface area (Å²) in [7, 11) is 0. The van der Waals surface area contributed by atoms with Crippen LogP contribution in [0.4, 0.5) is 0 Å². The minimum absolute atomic E-state index is 0.0528. The van der Waals surface area contributed by atoms with E-state index in [1.165, 1.54) is 6.92 Å². The summed E-state index contributed by atoms with van der Waals surface area (Å²) in [6.45, 7) is 3.46. The fourth-order valence-electron chi connectivity index (χ4n) is 2.55. The number of esters is 1. The second-order valence-electron chi connectivity index (χ2n) is 4.79. The van der Waals surface area contributed by atoms with Crippen LogP contribution in [0, 0.1) is 11.3 Å². The van der Waals surface area contributed by atoms with E-state index in [0.717, 1.165) is 12.8 Å². The van der Waals surface area contributed by atoms with Crippen LogP contribution >= 0.6 is 0 Å². The van der Waals surface area contributed by atoms with E-state index in [2.05, 4.69) is 19.1 Å². The maximum atomic E-state index is 11.7. The molecule has 0 bridgehead atoms. The molecule has 0 heterocycles. The molecule has 0 aromatic rings. The van der Waals surface area contributed by atoms with E-state index in [-0.39, 0.29) is 23.1 Å². The van der Waals surface area contributed by atoms with Crippen molar-refractivity contribution < 1.29 is 14.3 Å². The molecule has 0 aromatic heterocycles. The van der Waals surface area contributed by atoms with Gasteiger partial charge in [-0.15, -0.1) is 0 Å². The van der Waals surface area contributed by atoms with Gasteiger partial charge in [0, 0.05) is 12.8 Å². The first-order chi connectivity index (χ1) is 7.53. The largest absolute Gasteiger partial charge is 0.454 e. The van der Waals surface area contributed by atoms with Gasteiger partial charge >= 0.3 is 5.97 Å². The average molecular weight is 220 g/mol. The number of ether oxygens (including phenoxy) is 1. The predicted molar refractivity (Wildman–Crippen MR) is 59.7 cm³/mol. The van der Waals surface area contributed by atoms with Crippen LogP contribution in [0.15, 0.2) is 24.3 Å². The second kappa shape index (κ2) is 3.89. The minimum Gasteiger partial charge on any atom is -0.454 e. The highest BCUT2D eigenvalue weighted by Gasteiger charge is 2.44. The molecule has 0 amide bonds. The van der Waals surface area contributed by atoms with Crippen molar-refractivity contribution in [3.8, 4) is 0 Å². The molecule has 0 fully saturated rings. The van der Waals surface area contributed by atoms with Crippen LogP contribution < -0.4 is 0 Å². The van der Waals surface area contributed by atoms with E-state index in [0.29, 0.717) is 0 Å². The summed E-state index contributed by atoms with van der Waals surface area (Å²) in [5, 5.41) is 0. The van der Waals surface area contributed by atoms with Crippen LogP contribution in [0.2, 0.25) is 0 Å². The van der Waals surface area contributed by atoms with Gasteiger partial charge in [-0.2, -0.15) is 0 Å². The number of ketones is 1. The van der Waals surface area contributed by atoms with E-state index >= 15 is 0 Å². The number of carbonyl (C=O) groups is 2. The lowest BCUT2D eigenvalue weighted by molar-refractivity contribution is -0.158. The first-order valence-corrected chi connectivity index (χ1v) is 5.58. The van der Waals surface area contributed by atoms with Gasteiger partial charge in [0.25, 0.3) is 0 Å². The van der Waals surface area contributed by atoms with Gasteiger partial charge in [0.1, 0.15) is 0 Å². The SMILES string of the molecule is CC(=O)O[C@@H]1C(=O)C=C[C@@]2(C)CC=CC[C@H]12. The maximum absolute atomic E-state index is 11.7. The molecule has 2 aliphatic rings. The van der Waals surface area contributed by atoms with Crippen LogP contribution in [0.5, 0.6) is 0 Å². The molecule has 2 rings (SSSR count). The molecule has 3 heteroatoms.